The summed E-state index contributed by atoms with van der Waals surface area (Å²) in [4.78, 5) is 18.7. The first kappa shape index (κ1) is 17.6. The molecule has 4 rings (SSSR count). The van der Waals surface area contributed by atoms with Gasteiger partial charge in [-0.1, -0.05) is 0 Å². The first-order chi connectivity index (χ1) is 13.2. The molecule has 2 aromatic rings. The molecule has 0 unspecified atom stereocenters. The van der Waals surface area contributed by atoms with Crippen LogP contribution in [-0.4, -0.2) is 48.2 Å². The summed E-state index contributed by atoms with van der Waals surface area (Å²) in [7, 11) is 0. The van der Waals surface area contributed by atoms with Crippen LogP contribution in [0.25, 0.3) is 0 Å². The van der Waals surface area contributed by atoms with Crippen LogP contribution in [0.4, 0.5) is 0 Å². The number of furan rings is 1. The Morgan fingerprint density at radius 3 is 3.00 bits per heavy atom. The van der Waals surface area contributed by atoms with Crippen molar-refractivity contribution in [2.75, 3.05) is 26.3 Å². The zero-order valence-corrected chi connectivity index (χ0v) is 15.1. The van der Waals surface area contributed by atoms with E-state index in [1.807, 2.05) is 11.0 Å². The molecule has 3 atom stereocenters. The number of hydrogen-bond donors (Lipinski definition) is 0. The Kier molecular flexibility index (Phi) is 4.82. The Morgan fingerprint density at radius 1 is 1.41 bits per heavy atom. The Morgan fingerprint density at radius 2 is 2.30 bits per heavy atom. The summed E-state index contributed by atoms with van der Waals surface area (Å²) in [6, 6.07) is 7.15. The van der Waals surface area contributed by atoms with Gasteiger partial charge in [0.25, 0.3) is 5.91 Å². The Bertz CT molecular complexity index is 855. The van der Waals surface area contributed by atoms with Gasteiger partial charge < -0.3 is 18.8 Å². The van der Waals surface area contributed by atoms with E-state index in [2.05, 4.69) is 4.98 Å². The molecule has 0 bridgehead atoms. The highest BCUT2D eigenvalue weighted by Crippen LogP contribution is 2.36. The van der Waals surface area contributed by atoms with Crippen molar-refractivity contribution in [3.63, 3.8) is 0 Å². The molecule has 2 saturated heterocycles. The van der Waals surface area contributed by atoms with E-state index in [1.165, 1.54) is 6.20 Å². The third-order valence-electron chi connectivity index (χ3n) is 5.42. The SMILES string of the molecule is Cc1occc1C(=O)N1C[C@H]2[C@@H](CCOc3ccc(C#N)cn3)CO[C@H]2C1. The van der Waals surface area contributed by atoms with Crippen molar-refractivity contribution in [1.29, 1.82) is 5.26 Å². The second-order valence-electron chi connectivity index (χ2n) is 7.03. The number of rotatable bonds is 5. The zero-order valence-electron chi connectivity index (χ0n) is 15.1. The number of carbonyl (C=O) groups excluding carboxylic acids is 1. The van der Waals surface area contributed by atoms with Crippen LogP contribution in [-0.2, 0) is 4.74 Å². The second-order valence-corrected chi connectivity index (χ2v) is 7.03. The van der Waals surface area contributed by atoms with Gasteiger partial charge >= 0.3 is 0 Å². The lowest BCUT2D eigenvalue weighted by Gasteiger charge is -2.19. The second kappa shape index (κ2) is 7.41. The van der Waals surface area contributed by atoms with Gasteiger partial charge in [-0.15, -0.1) is 0 Å². The van der Waals surface area contributed by atoms with Crippen molar-refractivity contribution < 1.29 is 18.7 Å². The lowest BCUT2D eigenvalue weighted by atomic mass is 9.91. The van der Waals surface area contributed by atoms with Gasteiger partial charge in [-0.3, -0.25) is 4.79 Å². The van der Waals surface area contributed by atoms with Crippen molar-refractivity contribution >= 4 is 5.91 Å². The topological polar surface area (TPSA) is 88.6 Å². The fourth-order valence-corrected chi connectivity index (χ4v) is 3.89. The number of ether oxygens (including phenoxy) is 2. The number of fused-ring (bicyclic) bond motifs is 1. The molecule has 0 spiro atoms. The molecular weight excluding hydrogens is 346 g/mol. The molecule has 7 nitrogen and oxygen atoms in total. The lowest BCUT2D eigenvalue weighted by Crippen LogP contribution is -2.31. The number of amides is 1. The predicted octanol–water partition coefficient (Wildman–Crippen LogP) is 2.41. The van der Waals surface area contributed by atoms with E-state index in [4.69, 9.17) is 19.2 Å². The van der Waals surface area contributed by atoms with Crippen LogP contribution in [0, 0.1) is 30.1 Å². The van der Waals surface area contributed by atoms with Crippen molar-refractivity contribution in [1.82, 2.24) is 9.88 Å². The number of likely N-dealkylation sites (tertiary alicyclic amines) is 1. The Hall–Kier alpha value is -2.85. The minimum absolute atomic E-state index is 0.0102. The van der Waals surface area contributed by atoms with Crippen LogP contribution in [0.3, 0.4) is 0 Å². The summed E-state index contributed by atoms with van der Waals surface area (Å²) in [5.74, 6) is 1.87. The van der Waals surface area contributed by atoms with E-state index >= 15 is 0 Å². The van der Waals surface area contributed by atoms with E-state index in [9.17, 15) is 4.79 Å². The molecule has 7 heteroatoms. The molecule has 2 aliphatic heterocycles. The van der Waals surface area contributed by atoms with Crippen molar-refractivity contribution in [2.45, 2.75) is 19.4 Å². The molecule has 2 fully saturated rings. The summed E-state index contributed by atoms with van der Waals surface area (Å²) in [5, 5.41) is 8.79. The zero-order chi connectivity index (χ0) is 18.8. The highest BCUT2D eigenvalue weighted by molar-refractivity contribution is 5.95. The van der Waals surface area contributed by atoms with E-state index in [-0.39, 0.29) is 12.0 Å². The van der Waals surface area contributed by atoms with Gasteiger partial charge in [0.2, 0.25) is 5.88 Å². The van der Waals surface area contributed by atoms with Gasteiger partial charge in [0.1, 0.15) is 11.8 Å². The molecule has 140 valence electrons. The lowest BCUT2D eigenvalue weighted by molar-refractivity contribution is 0.0670. The number of pyridine rings is 1. The third-order valence-corrected chi connectivity index (χ3v) is 5.42. The van der Waals surface area contributed by atoms with Gasteiger partial charge in [0, 0.05) is 31.3 Å². The number of carbonyl (C=O) groups is 1. The van der Waals surface area contributed by atoms with Crippen molar-refractivity contribution in [3.05, 3.63) is 47.5 Å². The van der Waals surface area contributed by atoms with Crippen LogP contribution < -0.4 is 4.74 Å². The summed E-state index contributed by atoms with van der Waals surface area (Å²) in [5.41, 5.74) is 1.14. The van der Waals surface area contributed by atoms with Gasteiger partial charge in [-0.25, -0.2) is 4.98 Å². The monoisotopic (exact) mass is 367 g/mol. The number of aryl methyl sites for hydroxylation is 1. The minimum atomic E-state index is 0.0102. The normalized spacial score (nSPS) is 23.9. The molecule has 2 aliphatic rings. The number of hydrogen-bond acceptors (Lipinski definition) is 6. The fourth-order valence-electron chi connectivity index (χ4n) is 3.89. The Balaban J connectivity index is 1.30. The highest BCUT2D eigenvalue weighted by Gasteiger charge is 2.45. The minimum Gasteiger partial charge on any atom is -0.478 e. The molecule has 0 aromatic carbocycles. The third kappa shape index (κ3) is 3.53. The first-order valence-corrected chi connectivity index (χ1v) is 9.09. The maximum Gasteiger partial charge on any atom is 0.257 e. The van der Waals surface area contributed by atoms with E-state index in [0.29, 0.717) is 60.9 Å². The average Bonchev–Trinajstić information content (AvgIpc) is 3.38. The standard InChI is InChI=1S/C20H21N3O4/c1-13-16(5-7-25-13)20(24)23-10-17-15(12-27-18(17)11-23)4-6-26-19-3-2-14(8-21)9-22-19/h2-3,5,7,9,15,17-18H,4,6,10-12H2,1H3/t15-,17-,18-/m0/s1. The molecule has 27 heavy (non-hydrogen) atoms. The van der Waals surface area contributed by atoms with Crippen molar-refractivity contribution in [3.8, 4) is 11.9 Å². The maximum atomic E-state index is 12.7. The van der Waals surface area contributed by atoms with Crippen LogP contribution >= 0.6 is 0 Å². The molecule has 0 N–H and O–H groups in total. The molecule has 4 heterocycles. The van der Waals surface area contributed by atoms with Crippen LogP contribution in [0.15, 0.2) is 35.1 Å². The largest absolute Gasteiger partial charge is 0.478 e. The molecule has 2 aromatic heterocycles. The maximum absolute atomic E-state index is 12.7. The smallest absolute Gasteiger partial charge is 0.257 e. The van der Waals surface area contributed by atoms with Crippen LogP contribution in [0.1, 0.15) is 28.1 Å². The molecule has 0 saturated carbocycles. The number of aromatic nitrogens is 1. The molecule has 0 radical (unpaired) electrons. The number of nitriles is 1. The molecular formula is C20H21N3O4. The summed E-state index contributed by atoms with van der Waals surface area (Å²) in [6.07, 6.45) is 3.99. The summed E-state index contributed by atoms with van der Waals surface area (Å²) >= 11 is 0. The molecule has 1 amide bonds. The fraction of sp³-hybridized carbons (Fsp3) is 0.450. The Labute approximate surface area is 157 Å². The van der Waals surface area contributed by atoms with Gasteiger partial charge in [0.15, 0.2) is 0 Å². The number of nitrogens with zero attached hydrogens (tertiary/aromatic N) is 3. The van der Waals surface area contributed by atoms with Gasteiger partial charge in [0.05, 0.1) is 36.7 Å². The summed E-state index contributed by atoms with van der Waals surface area (Å²) < 4.78 is 16.9. The summed E-state index contributed by atoms with van der Waals surface area (Å²) in [6.45, 7) is 4.37. The van der Waals surface area contributed by atoms with Crippen LogP contribution in [0.5, 0.6) is 5.88 Å². The van der Waals surface area contributed by atoms with E-state index in [1.54, 1.807) is 31.4 Å². The van der Waals surface area contributed by atoms with Gasteiger partial charge in [-0.05, 0) is 31.4 Å². The predicted molar refractivity (Wildman–Crippen MR) is 95.1 cm³/mol. The van der Waals surface area contributed by atoms with Crippen LogP contribution in [0.2, 0.25) is 0 Å². The first-order valence-electron chi connectivity index (χ1n) is 9.09. The highest BCUT2D eigenvalue weighted by atomic mass is 16.5. The molecule has 0 aliphatic carbocycles. The quantitative estimate of drug-likeness (QED) is 0.806. The van der Waals surface area contributed by atoms with Gasteiger partial charge in [-0.2, -0.15) is 5.26 Å². The van der Waals surface area contributed by atoms with E-state index in [0.717, 1.165) is 6.42 Å². The van der Waals surface area contributed by atoms with E-state index < -0.39 is 0 Å². The average molecular weight is 367 g/mol. The van der Waals surface area contributed by atoms with Crippen molar-refractivity contribution in [2.24, 2.45) is 11.8 Å².